The van der Waals surface area contributed by atoms with Crippen molar-refractivity contribution in [2.24, 2.45) is 0 Å². The Bertz CT molecular complexity index is 768. The van der Waals surface area contributed by atoms with E-state index in [0.29, 0.717) is 18.6 Å². The molecule has 5 nitrogen and oxygen atoms in total. The number of carbonyl (C=O) groups is 2. The smallest absolute Gasteiger partial charge is 0.305 e. The number of amides is 1. The van der Waals surface area contributed by atoms with E-state index in [4.69, 9.17) is 9.84 Å². The summed E-state index contributed by atoms with van der Waals surface area (Å²) >= 11 is 0. The van der Waals surface area contributed by atoms with E-state index in [1.54, 1.807) is 0 Å². The van der Waals surface area contributed by atoms with Gasteiger partial charge in [0.15, 0.2) is 11.6 Å². The van der Waals surface area contributed by atoms with Gasteiger partial charge in [0.05, 0.1) is 13.0 Å². The minimum absolute atomic E-state index is 0.0225. The molecule has 0 aliphatic rings. The molecular weight excluding hydrogens is 356 g/mol. The number of carbonyl (C=O) groups excluding carboxylic acids is 1. The number of hydrogen-bond donors (Lipinski definition) is 1. The molecule has 0 spiro atoms. The average molecular weight is 377 g/mol. The van der Waals surface area contributed by atoms with Gasteiger partial charge in [0.2, 0.25) is 5.91 Å². The Hall–Kier alpha value is -2.80. The van der Waals surface area contributed by atoms with Gasteiger partial charge in [-0.05, 0) is 29.7 Å². The van der Waals surface area contributed by atoms with Gasteiger partial charge in [-0.1, -0.05) is 36.4 Å². The number of nitrogens with zero attached hydrogens (tertiary/aromatic N) is 1. The van der Waals surface area contributed by atoms with Crippen molar-refractivity contribution in [3.8, 4) is 0 Å². The molecule has 0 aliphatic heterocycles. The maximum atomic E-state index is 13.4. The molecule has 144 valence electrons. The molecule has 0 unspecified atom stereocenters. The zero-order valence-electron chi connectivity index (χ0n) is 14.7. The number of carboxylic acid groups (broad SMARTS) is 1. The van der Waals surface area contributed by atoms with Crippen LogP contribution in [0.5, 0.6) is 0 Å². The van der Waals surface area contributed by atoms with Crippen molar-refractivity contribution in [1.29, 1.82) is 0 Å². The number of ether oxygens (including phenoxy) is 1. The maximum Gasteiger partial charge on any atom is 0.305 e. The lowest BCUT2D eigenvalue weighted by atomic mass is 10.2. The normalized spacial score (nSPS) is 10.6. The minimum atomic E-state index is -1.05. The summed E-state index contributed by atoms with van der Waals surface area (Å²) in [6.07, 6.45) is 0.395. The fourth-order valence-corrected chi connectivity index (χ4v) is 2.47. The number of aliphatic carboxylic acids is 1. The third kappa shape index (κ3) is 7.15. The second kappa shape index (κ2) is 10.4. The van der Waals surface area contributed by atoms with Crippen molar-refractivity contribution in [3.05, 3.63) is 71.3 Å². The highest BCUT2D eigenvalue weighted by Gasteiger charge is 2.16. The molecule has 0 fully saturated rings. The quantitative estimate of drug-likeness (QED) is 0.647. The molecule has 1 N–H and O–H groups in total. The third-order valence-electron chi connectivity index (χ3n) is 3.91. The van der Waals surface area contributed by atoms with Crippen molar-refractivity contribution in [3.63, 3.8) is 0 Å². The number of halogens is 2. The van der Waals surface area contributed by atoms with Crippen LogP contribution in [0.25, 0.3) is 0 Å². The molecule has 2 aromatic rings. The lowest BCUT2D eigenvalue weighted by molar-refractivity contribution is -0.140. The van der Waals surface area contributed by atoms with Gasteiger partial charge >= 0.3 is 5.97 Å². The Morgan fingerprint density at radius 1 is 1.00 bits per heavy atom. The van der Waals surface area contributed by atoms with E-state index in [2.05, 4.69) is 0 Å². The summed E-state index contributed by atoms with van der Waals surface area (Å²) in [4.78, 5) is 24.4. The van der Waals surface area contributed by atoms with Crippen LogP contribution in [-0.4, -0.2) is 41.6 Å². The molecule has 0 bridgehead atoms. The van der Waals surface area contributed by atoms with Crippen LogP contribution in [0.1, 0.15) is 17.5 Å². The van der Waals surface area contributed by atoms with Crippen LogP contribution >= 0.6 is 0 Å². The van der Waals surface area contributed by atoms with Crippen LogP contribution < -0.4 is 0 Å². The highest BCUT2D eigenvalue weighted by atomic mass is 19.2. The molecule has 27 heavy (non-hydrogen) atoms. The van der Waals surface area contributed by atoms with E-state index in [1.807, 2.05) is 30.3 Å². The number of carboxylic acids is 1. The van der Waals surface area contributed by atoms with Crippen molar-refractivity contribution >= 4 is 11.9 Å². The largest absolute Gasteiger partial charge is 0.481 e. The van der Waals surface area contributed by atoms with E-state index < -0.39 is 23.5 Å². The second-order valence-electron chi connectivity index (χ2n) is 6.00. The van der Waals surface area contributed by atoms with Crippen LogP contribution in [0.15, 0.2) is 48.5 Å². The molecule has 0 atom stereocenters. The van der Waals surface area contributed by atoms with Gasteiger partial charge < -0.3 is 14.7 Å². The Balaban J connectivity index is 1.89. The first-order chi connectivity index (χ1) is 13.0. The van der Waals surface area contributed by atoms with Crippen LogP contribution in [0.3, 0.4) is 0 Å². The molecule has 0 aliphatic carbocycles. The SMILES string of the molecule is O=C(O)CCN(Cc1ccc(F)c(F)c1)C(=O)COCCc1ccccc1. The topological polar surface area (TPSA) is 66.8 Å². The second-order valence-corrected chi connectivity index (χ2v) is 6.00. The summed E-state index contributed by atoms with van der Waals surface area (Å²) in [5.74, 6) is -3.46. The standard InChI is InChI=1S/C20H21F2NO4/c21-17-7-6-16(12-18(17)22)13-23(10-8-20(25)26)19(24)14-27-11-9-15-4-2-1-3-5-15/h1-7,12H,8-11,13-14H2,(H,25,26). The van der Waals surface area contributed by atoms with Crippen molar-refractivity contribution in [1.82, 2.24) is 4.90 Å². The number of benzene rings is 2. The summed E-state index contributed by atoms with van der Waals surface area (Å²) in [6, 6.07) is 13.0. The van der Waals surface area contributed by atoms with Gasteiger partial charge in [-0.3, -0.25) is 9.59 Å². The maximum absolute atomic E-state index is 13.4. The number of hydrogen-bond acceptors (Lipinski definition) is 3. The van der Waals surface area contributed by atoms with Gasteiger partial charge in [0.25, 0.3) is 0 Å². The Morgan fingerprint density at radius 2 is 1.74 bits per heavy atom. The molecule has 0 aromatic heterocycles. The Kier molecular flexibility index (Phi) is 7.88. The van der Waals surface area contributed by atoms with Crippen molar-refractivity contribution < 1.29 is 28.2 Å². The lowest BCUT2D eigenvalue weighted by Crippen LogP contribution is -2.35. The lowest BCUT2D eigenvalue weighted by Gasteiger charge is -2.22. The Labute approximate surface area is 156 Å². The monoisotopic (exact) mass is 377 g/mol. The van der Waals surface area contributed by atoms with Gasteiger partial charge in [-0.15, -0.1) is 0 Å². The zero-order valence-corrected chi connectivity index (χ0v) is 14.7. The first kappa shape index (κ1) is 20.5. The van der Waals surface area contributed by atoms with Gasteiger partial charge in [-0.2, -0.15) is 0 Å². The fraction of sp³-hybridized carbons (Fsp3) is 0.300. The van der Waals surface area contributed by atoms with Crippen LogP contribution in [0.2, 0.25) is 0 Å². The van der Waals surface area contributed by atoms with Gasteiger partial charge in [-0.25, -0.2) is 8.78 Å². The zero-order chi connectivity index (χ0) is 19.6. The average Bonchev–Trinajstić information content (AvgIpc) is 2.65. The molecule has 0 saturated heterocycles. The summed E-state index contributed by atoms with van der Waals surface area (Å²) in [7, 11) is 0. The van der Waals surface area contributed by atoms with Crippen molar-refractivity contribution in [2.75, 3.05) is 19.8 Å². The van der Waals surface area contributed by atoms with E-state index in [0.717, 1.165) is 17.7 Å². The molecule has 0 saturated carbocycles. The predicted molar refractivity (Wildman–Crippen MR) is 95.0 cm³/mol. The van der Waals surface area contributed by atoms with Crippen LogP contribution in [0.4, 0.5) is 8.78 Å². The Morgan fingerprint density at radius 3 is 2.41 bits per heavy atom. The van der Waals surface area contributed by atoms with Crippen LogP contribution in [-0.2, 0) is 27.3 Å². The highest BCUT2D eigenvalue weighted by Crippen LogP contribution is 2.12. The van der Waals surface area contributed by atoms with Gasteiger partial charge in [0.1, 0.15) is 6.61 Å². The first-order valence-corrected chi connectivity index (χ1v) is 8.51. The van der Waals surface area contributed by atoms with E-state index in [9.17, 15) is 18.4 Å². The first-order valence-electron chi connectivity index (χ1n) is 8.51. The minimum Gasteiger partial charge on any atom is -0.481 e. The molecule has 0 heterocycles. The molecule has 7 heteroatoms. The molecule has 2 aromatic carbocycles. The predicted octanol–water partition coefficient (Wildman–Crippen LogP) is 3.03. The van der Waals surface area contributed by atoms with Crippen LogP contribution in [0, 0.1) is 11.6 Å². The summed E-state index contributed by atoms with van der Waals surface area (Å²) in [6.45, 7) is 0.0599. The summed E-state index contributed by atoms with van der Waals surface area (Å²) in [5, 5.41) is 8.85. The summed E-state index contributed by atoms with van der Waals surface area (Å²) in [5.41, 5.74) is 1.45. The molecule has 0 radical (unpaired) electrons. The molecule has 1 amide bonds. The fourth-order valence-electron chi connectivity index (χ4n) is 2.47. The summed E-state index contributed by atoms with van der Waals surface area (Å²) < 4.78 is 31.8. The van der Waals surface area contributed by atoms with E-state index in [-0.39, 0.29) is 26.1 Å². The third-order valence-corrected chi connectivity index (χ3v) is 3.91. The van der Waals surface area contributed by atoms with Gasteiger partial charge in [0, 0.05) is 13.1 Å². The highest BCUT2D eigenvalue weighted by molar-refractivity contribution is 5.78. The molecule has 2 rings (SSSR count). The van der Waals surface area contributed by atoms with E-state index in [1.165, 1.54) is 11.0 Å². The van der Waals surface area contributed by atoms with E-state index >= 15 is 0 Å². The molecular formula is C20H21F2NO4. The number of rotatable bonds is 10. The van der Waals surface area contributed by atoms with Crippen molar-refractivity contribution in [2.45, 2.75) is 19.4 Å².